The first-order chi connectivity index (χ1) is 13.5. The molecule has 1 N–H and O–H groups in total. The standard InChI is InChI=1S/C23H21ClN2O2/c1-3-17-10-9-16(2)26(14-17)15-22(27)25-21-12-11-19(24)13-20(21)23(28)18-7-5-4-6-8-18/h4-14H,3,15H2,1-2H3/p+1. The lowest BCUT2D eigenvalue weighted by atomic mass is 10.0. The van der Waals surface area contributed by atoms with Gasteiger partial charge in [0.05, 0.1) is 5.69 Å². The number of aryl methyl sites for hydroxylation is 2. The maximum Gasteiger partial charge on any atom is 0.290 e. The van der Waals surface area contributed by atoms with Crippen LogP contribution in [0.3, 0.4) is 0 Å². The van der Waals surface area contributed by atoms with Crippen molar-refractivity contribution >= 4 is 29.0 Å². The first-order valence-electron chi connectivity index (χ1n) is 9.16. The predicted molar refractivity (Wildman–Crippen MR) is 111 cm³/mol. The van der Waals surface area contributed by atoms with Crippen molar-refractivity contribution in [3.63, 3.8) is 0 Å². The second kappa shape index (κ2) is 8.81. The Morgan fingerprint density at radius 1 is 1.04 bits per heavy atom. The number of carbonyl (C=O) groups excluding carboxylic acids is 2. The Bertz CT molecular complexity index is 1020. The van der Waals surface area contributed by atoms with E-state index in [0.29, 0.717) is 21.8 Å². The number of pyridine rings is 1. The van der Waals surface area contributed by atoms with Gasteiger partial charge in [-0.2, -0.15) is 4.57 Å². The molecule has 4 nitrogen and oxygen atoms in total. The van der Waals surface area contributed by atoms with Crippen LogP contribution in [-0.4, -0.2) is 11.7 Å². The first-order valence-corrected chi connectivity index (χ1v) is 9.54. The number of hydrogen-bond donors (Lipinski definition) is 1. The molecule has 1 aromatic heterocycles. The highest BCUT2D eigenvalue weighted by Crippen LogP contribution is 2.23. The van der Waals surface area contributed by atoms with Crippen LogP contribution in [0.5, 0.6) is 0 Å². The summed E-state index contributed by atoms with van der Waals surface area (Å²) in [6.07, 6.45) is 2.88. The molecule has 0 saturated heterocycles. The van der Waals surface area contributed by atoms with Crippen LogP contribution < -0.4 is 9.88 Å². The zero-order valence-electron chi connectivity index (χ0n) is 15.9. The fourth-order valence-electron chi connectivity index (χ4n) is 2.95. The molecule has 1 heterocycles. The summed E-state index contributed by atoms with van der Waals surface area (Å²) in [6.45, 7) is 4.20. The maximum atomic E-state index is 12.9. The van der Waals surface area contributed by atoms with Crippen molar-refractivity contribution in [3.8, 4) is 0 Å². The van der Waals surface area contributed by atoms with E-state index >= 15 is 0 Å². The number of hydrogen-bond acceptors (Lipinski definition) is 2. The summed E-state index contributed by atoms with van der Waals surface area (Å²) in [6, 6.07) is 17.9. The molecule has 0 unspecified atom stereocenters. The van der Waals surface area contributed by atoms with Gasteiger partial charge in [0, 0.05) is 34.7 Å². The van der Waals surface area contributed by atoms with Gasteiger partial charge in [0.15, 0.2) is 17.7 Å². The Labute approximate surface area is 169 Å². The van der Waals surface area contributed by atoms with Crippen LogP contribution in [0.25, 0.3) is 0 Å². The Hall–Kier alpha value is -2.98. The van der Waals surface area contributed by atoms with Gasteiger partial charge < -0.3 is 5.32 Å². The van der Waals surface area contributed by atoms with E-state index in [9.17, 15) is 9.59 Å². The average Bonchev–Trinajstić information content (AvgIpc) is 2.71. The molecule has 0 aliphatic carbocycles. The topological polar surface area (TPSA) is 50.0 Å². The van der Waals surface area contributed by atoms with E-state index in [1.807, 2.05) is 29.8 Å². The normalized spacial score (nSPS) is 10.5. The number of anilines is 1. The van der Waals surface area contributed by atoms with Crippen molar-refractivity contribution in [1.82, 2.24) is 0 Å². The van der Waals surface area contributed by atoms with Crippen molar-refractivity contribution < 1.29 is 14.2 Å². The van der Waals surface area contributed by atoms with Gasteiger partial charge in [-0.25, -0.2) is 0 Å². The zero-order valence-corrected chi connectivity index (χ0v) is 16.7. The molecule has 0 spiro atoms. The predicted octanol–water partition coefficient (Wildman–Crippen LogP) is 4.37. The van der Waals surface area contributed by atoms with Crippen molar-refractivity contribution in [1.29, 1.82) is 0 Å². The lowest BCUT2D eigenvalue weighted by Crippen LogP contribution is -2.43. The first kappa shape index (κ1) is 19.8. The van der Waals surface area contributed by atoms with Crippen LogP contribution in [0.1, 0.15) is 34.1 Å². The molecule has 28 heavy (non-hydrogen) atoms. The van der Waals surface area contributed by atoms with E-state index in [4.69, 9.17) is 11.6 Å². The molecule has 2 aromatic carbocycles. The lowest BCUT2D eigenvalue weighted by Gasteiger charge is -2.11. The lowest BCUT2D eigenvalue weighted by molar-refractivity contribution is -0.690. The molecule has 3 rings (SSSR count). The third-order valence-corrected chi connectivity index (χ3v) is 4.81. The SMILES string of the molecule is CCc1ccc(C)[n+](CC(=O)Nc2ccc(Cl)cc2C(=O)c2ccccc2)c1. The molecular weight excluding hydrogens is 372 g/mol. The zero-order chi connectivity index (χ0) is 20.1. The van der Waals surface area contributed by atoms with Crippen LogP contribution in [-0.2, 0) is 17.8 Å². The number of nitrogens with one attached hydrogen (secondary N) is 1. The molecule has 142 valence electrons. The minimum absolute atomic E-state index is 0.168. The Morgan fingerprint density at radius 3 is 2.50 bits per heavy atom. The quantitative estimate of drug-likeness (QED) is 0.499. The summed E-state index contributed by atoms with van der Waals surface area (Å²) in [5.41, 5.74) is 3.51. The van der Waals surface area contributed by atoms with Crippen molar-refractivity contribution in [2.75, 3.05) is 5.32 Å². The molecule has 0 fully saturated rings. The summed E-state index contributed by atoms with van der Waals surface area (Å²) in [7, 11) is 0. The Kier molecular flexibility index (Phi) is 6.22. The summed E-state index contributed by atoms with van der Waals surface area (Å²) in [4.78, 5) is 25.5. The molecule has 0 aliphatic heterocycles. The number of halogens is 1. The molecule has 0 aliphatic rings. The summed E-state index contributed by atoms with van der Waals surface area (Å²) >= 11 is 6.10. The van der Waals surface area contributed by atoms with Crippen LogP contribution in [0.2, 0.25) is 5.02 Å². The second-order valence-electron chi connectivity index (χ2n) is 6.59. The molecule has 0 bridgehead atoms. The molecule has 5 heteroatoms. The van der Waals surface area contributed by atoms with Crippen LogP contribution in [0, 0.1) is 6.92 Å². The van der Waals surface area contributed by atoms with Gasteiger partial charge in [0.1, 0.15) is 0 Å². The van der Waals surface area contributed by atoms with Gasteiger partial charge in [-0.15, -0.1) is 0 Å². The van der Waals surface area contributed by atoms with E-state index in [1.54, 1.807) is 42.5 Å². The second-order valence-corrected chi connectivity index (χ2v) is 7.03. The third kappa shape index (κ3) is 4.65. The maximum absolute atomic E-state index is 12.9. The smallest absolute Gasteiger partial charge is 0.290 e. The number of aromatic nitrogens is 1. The van der Waals surface area contributed by atoms with Crippen LogP contribution >= 0.6 is 11.6 Å². The van der Waals surface area contributed by atoms with Gasteiger partial charge in [0.2, 0.25) is 6.54 Å². The molecule has 0 saturated carbocycles. The van der Waals surface area contributed by atoms with E-state index in [-0.39, 0.29) is 18.2 Å². The highest BCUT2D eigenvalue weighted by Gasteiger charge is 2.18. The molecule has 1 amide bonds. The van der Waals surface area contributed by atoms with Crippen molar-refractivity contribution in [3.05, 3.63) is 94.3 Å². The summed E-state index contributed by atoms with van der Waals surface area (Å²) < 4.78 is 1.91. The van der Waals surface area contributed by atoms with Crippen LogP contribution in [0.15, 0.2) is 66.9 Å². The van der Waals surface area contributed by atoms with Gasteiger partial charge in [-0.1, -0.05) is 48.9 Å². The Balaban J connectivity index is 1.84. The van der Waals surface area contributed by atoms with E-state index < -0.39 is 0 Å². The summed E-state index contributed by atoms with van der Waals surface area (Å²) in [5.74, 6) is -0.388. The highest BCUT2D eigenvalue weighted by atomic mass is 35.5. The Morgan fingerprint density at radius 2 is 1.79 bits per heavy atom. The van der Waals surface area contributed by atoms with E-state index in [0.717, 1.165) is 17.7 Å². The number of benzene rings is 2. The van der Waals surface area contributed by atoms with Gasteiger partial charge in [0.25, 0.3) is 5.91 Å². The van der Waals surface area contributed by atoms with Crippen molar-refractivity contribution in [2.24, 2.45) is 0 Å². The van der Waals surface area contributed by atoms with Gasteiger partial charge in [-0.3, -0.25) is 9.59 Å². The largest absolute Gasteiger partial charge is 0.320 e. The minimum Gasteiger partial charge on any atom is -0.320 e. The van der Waals surface area contributed by atoms with E-state index in [2.05, 4.69) is 18.3 Å². The molecule has 0 atom stereocenters. The average molecular weight is 394 g/mol. The fourth-order valence-corrected chi connectivity index (χ4v) is 3.12. The van der Waals surface area contributed by atoms with E-state index in [1.165, 1.54) is 0 Å². The third-order valence-electron chi connectivity index (χ3n) is 4.57. The number of nitrogens with zero attached hydrogens (tertiary/aromatic N) is 1. The molecular formula is C23H22ClN2O2+. The van der Waals surface area contributed by atoms with Crippen molar-refractivity contribution in [2.45, 2.75) is 26.8 Å². The monoisotopic (exact) mass is 393 g/mol. The van der Waals surface area contributed by atoms with Gasteiger partial charge >= 0.3 is 0 Å². The minimum atomic E-state index is -0.203. The number of amides is 1. The fraction of sp³-hybridized carbons (Fsp3) is 0.174. The van der Waals surface area contributed by atoms with Gasteiger partial charge in [-0.05, 0) is 30.7 Å². The highest BCUT2D eigenvalue weighted by molar-refractivity contribution is 6.31. The molecule has 0 radical (unpaired) electrons. The number of carbonyl (C=O) groups is 2. The number of ketones is 1. The van der Waals surface area contributed by atoms with Crippen LogP contribution in [0.4, 0.5) is 5.69 Å². The summed E-state index contributed by atoms with van der Waals surface area (Å²) in [5, 5.41) is 3.31. The molecule has 3 aromatic rings. The number of rotatable bonds is 6.